The lowest BCUT2D eigenvalue weighted by molar-refractivity contribution is -0.142. The summed E-state index contributed by atoms with van der Waals surface area (Å²) in [5.74, 6) is 0.561. The van der Waals surface area contributed by atoms with E-state index in [1.807, 2.05) is 18.2 Å². The van der Waals surface area contributed by atoms with E-state index in [0.29, 0.717) is 47.0 Å². The summed E-state index contributed by atoms with van der Waals surface area (Å²) in [5.41, 5.74) is 3.75. The third kappa shape index (κ3) is 5.48. The van der Waals surface area contributed by atoms with Gasteiger partial charge in [0.15, 0.2) is 0 Å². The Hall–Kier alpha value is -2.02. The molecule has 0 bridgehead atoms. The topological polar surface area (TPSA) is 86.9 Å². The van der Waals surface area contributed by atoms with Crippen molar-refractivity contribution in [2.75, 3.05) is 19.6 Å². The minimum Gasteiger partial charge on any atom is -0.481 e. The molecule has 8 heteroatoms. The van der Waals surface area contributed by atoms with Gasteiger partial charge in [0.2, 0.25) is 0 Å². The molecular formula is C19H21Cl2N3O3. The molecule has 0 aliphatic carbocycles. The number of benzene rings is 1. The van der Waals surface area contributed by atoms with Crippen LogP contribution in [-0.4, -0.2) is 36.9 Å². The highest BCUT2D eigenvalue weighted by atomic mass is 35.5. The number of halogens is 2. The van der Waals surface area contributed by atoms with Crippen LogP contribution in [0.25, 0.3) is 11.3 Å². The molecule has 3 N–H and O–H groups in total. The number of carboxylic acids is 1. The van der Waals surface area contributed by atoms with Crippen molar-refractivity contribution < 1.29 is 14.3 Å². The first-order valence-electron chi connectivity index (χ1n) is 8.77. The van der Waals surface area contributed by atoms with Crippen LogP contribution in [0.15, 0.2) is 39.9 Å². The number of hydrogen-bond donors (Lipinski definition) is 3. The molecule has 0 amide bonds. The molecule has 0 radical (unpaired) electrons. The fourth-order valence-corrected chi connectivity index (χ4v) is 3.64. The maximum absolute atomic E-state index is 11.1. The van der Waals surface area contributed by atoms with Crippen LogP contribution in [0.3, 0.4) is 0 Å². The molecule has 0 unspecified atom stereocenters. The fourth-order valence-electron chi connectivity index (χ4n) is 3.14. The van der Waals surface area contributed by atoms with Crippen LogP contribution in [0.5, 0.6) is 0 Å². The normalized spacial score (nSPS) is 20.1. The van der Waals surface area contributed by atoms with E-state index in [4.69, 9.17) is 32.7 Å². The summed E-state index contributed by atoms with van der Waals surface area (Å²) in [6.45, 7) is 2.07. The highest BCUT2D eigenvalue weighted by Gasteiger charge is 2.26. The van der Waals surface area contributed by atoms with Crippen LogP contribution < -0.4 is 10.7 Å². The molecule has 1 saturated heterocycles. The Labute approximate surface area is 167 Å². The van der Waals surface area contributed by atoms with Crippen LogP contribution in [0.1, 0.15) is 18.6 Å². The van der Waals surface area contributed by atoms with Gasteiger partial charge in [0.05, 0.1) is 17.2 Å². The largest absolute Gasteiger partial charge is 0.481 e. The summed E-state index contributed by atoms with van der Waals surface area (Å²) < 4.78 is 5.74. The van der Waals surface area contributed by atoms with E-state index in [1.165, 1.54) is 0 Å². The fraction of sp³-hybridized carbons (Fsp3) is 0.368. The monoisotopic (exact) mass is 409 g/mol. The Kier molecular flexibility index (Phi) is 6.77. The second-order valence-corrected chi connectivity index (χ2v) is 7.42. The molecule has 0 spiro atoms. The van der Waals surface area contributed by atoms with Gasteiger partial charge in [0, 0.05) is 23.7 Å². The zero-order chi connectivity index (χ0) is 19.2. The predicted molar refractivity (Wildman–Crippen MR) is 106 cm³/mol. The smallest absolute Gasteiger partial charge is 0.307 e. The van der Waals surface area contributed by atoms with E-state index in [2.05, 4.69) is 15.8 Å². The van der Waals surface area contributed by atoms with Gasteiger partial charge in [-0.25, -0.2) is 0 Å². The minimum absolute atomic E-state index is 0.298. The second-order valence-electron chi connectivity index (χ2n) is 6.58. The Balaban J connectivity index is 1.47. The molecule has 3 rings (SSSR count). The highest BCUT2D eigenvalue weighted by Crippen LogP contribution is 2.31. The van der Waals surface area contributed by atoms with Gasteiger partial charge in [0.25, 0.3) is 0 Å². The van der Waals surface area contributed by atoms with E-state index >= 15 is 0 Å². The van der Waals surface area contributed by atoms with Gasteiger partial charge in [0.1, 0.15) is 11.5 Å². The van der Waals surface area contributed by atoms with E-state index in [-0.39, 0.29) is 5.92 Å². The number of carbonyl (C=O) groups is 1. The third-order valence-electron chi connectivity index (χ3n) is 4.56. The number of carboxylic acid groups (broad SMARTS) is 1. The van der Waals surface area contributed by atoms with Crippen molar-refractivity contribution in [3.8, 4) is 11.3 Å². The second kappa shape index (κ2) is 9.26. The molecule has 1 aliphatic heterocycles. The maximum Gasteiger partial charge on any atom is 0.307 e. The summed E-state index contributed by atoms with van der Waals surface area (Å²) in [6, 6.07) is 8.89. The van der Waals surface area contributed by atoms with Gasteiger partial charge >= 0.3 is 5.97 Å². The Morgan fingerprint density at radius 2 is 2.19 bits per heavy atom. The van der Waals surface area contributed by atoms with Gasteiger partial charge in [-0.05, 0) is 55.6 Å². The van der Waals surface area contributed by atoms with Crippen molar-refractivity contribution in [2.45, 2.75) is 12.8 Å². The molecule has 2 aromatic rings. The summed E-state index contributed by atoms with van der Waals surface area (Å²) in [5, 5.41) is 17.5. The van der Waals surface area contributed by atoms with Gasteiger partial charge in [-0.15, -0.1) is 0 Å². The Morgan fingerprint density at radius 3 is 2.96 bits per heavy atom. The summed E-state index contributed by atoms with van der Waals surface area (Å²) >= 11 is 12.1. The van der Waals surface area contributed by atoms with E-state index < -0.39 is 5.97 Å². The number of nitrogens with one attached hydrogen (secondary N) is 2. The van der Waals surface area contributed by atoms with Crippen LogP contribution >= 0.6 is 23.2 Å². The molecule has 2 heterocycles. The van der Waals surface area contributed by atoms with Crippen LogP contribution in [0, 0.1) is 11.8 Å². The molecule has 27 heavy (non-hydrogen) atoms. The zero-order valence-electron chi connectivity index (χ0n) is 14.6. The average molecular weight is 410 g/mol. The summed E-state index contributed by atoms with van der Waals surface area (Å²) in [6.07, 6.45) is 3.17. The zero-order valence-corrected chi connectivity index (χ0v) is 16.1. The van der Waals surface area contributed by atoms with Crippen molar-refractivity contribution in [3.05, 3.63) is 46.1 Å². The van der Waals surface area contributed by atoms with Crippen molar-refractivity contribution in [1.82, 2.24) is 10.7 Å². The minimum atomic E-state index is -0.729. The quantitative estimate of drug-likeness (QED) is 0.367. The first-order valence-corrected chi connectivity index (χ1v) is 9.53. The van der Waals surface area contributed by atoms with E-state index in [1.54, 1.807) is 18.3 Å². The molecule has 1 aliphatic rings. The number of hydrazone groups is 1. The van der Waals surface area contributed by atoms with Gasteiger partial charge < -0.3 is 20.3 Å². The lowest BCUT2D eigenvalue weighted by atomic mass is 9.88. The maximum atomic E-state index is 11.1. The van der Waals surface area contributed by atoms with Crippen molar-refractivity contribution in [1.29, 1.82) is 0 Å². The van der Waals surface area contributed by atoms with Crippen molar-refractivity contribution >= 4 is 35.4 Å². The van der Waals surface area contributed by atoms with Gasteiger partial charge in [-0.2, -0.15) is 5.10 Å². The van der Waals surface area contributed by atoms with Crippen molar-refractivity contribution in [2.24, 2.45) is 16.9 Å². The molecule has 0 saturated carbocycles. The average Bonchev–Trinajstić information content (AvgIpc) is 3.10. The number of nitrogens with zero attached hydrogens (tertiary/aromatic N) is 1. The molecule has 1 fully saturated rings. The third-order valence-corrected chi connectivity index (χ3v) is 5.11. The molecule has 2 atom stereocenters. The lowest BCUT2D eigenvalue weighted by Gasteiger charge is -2.27. The number of hydrogen-bond acceptors (Lipinski definition) is 5. The molecule has 1 aromatic carbocycles. The van der Waals surface area contributed by atoms with Crippen LogP contribution in [-0.2, 0) is 4.79 Å². The Bertz CT molecular complexity index is 822. The standard InChI is InChI=1S/C19H21Cl2N3O3/c20-14-1-3-16(17(21)8-14)18-4-2-15(27-18)11-24-23-6-5-12-7-13(19(25)26)10-22-9-12/h1-4,8,11-13,22-23H,5-7,9-10H2,(H,25,26)/b24-11+/t12-,13+/m0/s1. The van der Waals surface area contributed by atoms with Gasteiger partial charge in [-0.3, -0.25) is 4.79 Å². The van der Waals surface area contributed by atoms with E-state index in [9.17, 15) is 4.79 Å². The molecule has 6 nitrogen and oxygen atoms in total. The van der Waals surface area contributed by atoms with Gasteiger partial charge in [-0.1, -0.05) is 23.2 Å². The molecular weight excluding hydrogens is 389 g/mol. The van der Waals surface area contributed by atoms with Crippen molar-refractivity contribution in [3.63, 3.8) is 0 Å². The number of furan rings is 1. The van der Waals surface area contributed by atoms with E-state index in [0.717, 1.165) is 18.5 Å². The number of piperidine rings is 1. The number of aliphatic carboxylic acids is 1. The summed E-state index contributed by atoms with van der Waals surface area (Å²) in [4.78, 5) is 11.1. The first kappa shape index (κ1) is 19.7. The Morgan fingerprint density at radius 1 is 1.33 bits per heavy atom. The lowest BCUT2D eigenvalue weighted by Crippen LogP contribution is -2.40. The molecule has 144 valence electrons. The molecule has 1 aromatic heterocycles. The predicted octanol–water partition coefficient (Wildman–Crippen LogP) is 3.88. The summed E-state index contributed by atoms with van der Waals surface area (Å²) in [7, 11) is 0. The highest BCUT2D eigenvalue weighted by molar-refractivity contribution is 6.36. The SMILES string of the molecule is O=C(O)[C@H]1CNC[C@@H](CCN/N=C/c2ccc(-c3ccc(Cl)cc3Cl)o2)C1. The number of rotatable bonds is 7. The van der Waals surface area contributed by atoms with Crippen LogP contribution in [0.2, 0.25) is 10.0 Å². The van der Waals surface area contributed by atoms with Crippen LogP contribution in [0.4, 0.5) is 0 Å². The first-order chi connectivity index (χ1) is 13.0.